The molecule has 3 aromatic rings. The Morgan fingerprint density at radius 1 is 0.879 bits per heavy atom. The predicted molar refractivity (Wildman–Crippen MR) is 127 cm³/mol. The van der Waals surface area contributed by atoms with Gasteiger partial charge in [0.1, 0.15) is 5.75 Å². The Bertz CT molecular complexity index is 1170. The molecule has 0 aliphatic heterocycles. The van der Waals surface area contributed by atoms with Gasteiger partial charge >= 0.3 is 5.97 Å². The van der Waals surface area contributed by atoms with Gasteiger partial charge in [-0.25, -0.2) is 10.2 Å². The normalized spacial score (nSPS) is 10.5. The Balaban J connectivity index is 1.70. The van der Waals surface area contributed by atoms with Crippen molar-refractivity contribution in [3.05, 3.63) is 81.8 Å². The molecule has 0 unspecified atom stereocenters. The second-order valence-electron chi connectivity index (χ2n) is 6.59. The quantitative estimate of drug-likeness (QED) is 0.207. The summed E-state index contributed by atoms with van der Waals surface area (Å²) in [6, 6.07) is 16.7. The van der Waals surface area contributed by atoms with Gasteiger partial charge in [0.05, 0.1) is 33.1 Å². The summed E-state index contributed by atoms with van der Waals surface area (Å²) in [6.45, 7) is 0. The summed E-state index contributed by atoms with van der Waals surface area (Å²) in [6.07, 6.45) is 1.45. The highest BCUT2D eigenvalue weighted by Gasteiger charge is 2.18. The van der Waals surface area contributed by atoms with Crippen molar-refractivity contribution in [3.8, 4) is 23.0 Å². The van der Waals surface area contributed by atoms with Crippen LogP contribution in [0.25, 0.3) is 0 Å². The van der Waals surface area contributed by atoms with Crippen molar-refractivity contribution in [1.29, 1.82) is 0 Å². The van der Waals surface area contributed by atoms with Gasteiger partial charge in [0, 0.05) is 10.0 Å². The summed E-state index contributed by atoms with van der Waals surface area (Å²) < 4.78 is 22.1. The van der Waals surface area contributed by atoms with Crippen LogP contribution in [0.1, 0.15) is 26.3 Å². The van der Waals surface area contributed by atoms with E-state index in [4.69, 9.17) is 18.9 Å². The Labute approximate surface area is 199 Å². The number of hydrazone groups is 1. The van der Waals surface area contributed by atoms with E-state index in [9.17, 15) is 9.59 Å². The Kier molecular flexibility index (Phi) is 8.04. The molecular formula is C24H21BrN2O6. The van der Waals surface area contributed by atoms with Gasteiger partial charge in [-0.05, 0) is 48.0 Å². The zero-order valence-corrected chi connectivity index (χ0v) is 19.7. The van der Waals surface area contributed by atoms with Crippen molar-refractivity contribution in [2.24, 2.45) is 5.10 Å². The first kappa shape index (κ1) is 23.8. The molecule has 0 fully saturated rings. The number of methoxy groups -OCH3 is 3. The number of hydrogen-bond donors (Lipinski definition) is 1. The second kappa shape index (κ2) is 11.1. The first-order valence-corrected chi connectivity index (χ1v) is 10.5. The van der Waals surface area contributed by atoms with Gasteiger partial charge < -0.3 is 18.9 Å². The maximum Gasteiger partial charge on any atom is 0.343 e. The van der Waals surface area contributed by atoms with Crippen LogP contribution in [-0.4, -0.2) is 39.4 Å². The van der Waals surface area contributed by atoms with Crippen LogP contribution in [0.2, 0.25) is 0 Å². The zero-order valence-electron chi connectivity index (χ0n) is 18.1. The highest BCUT2D eigenvalue weighted by molar-refractivity contribution is 9.10. The third-order valence-corrected chi connectivity index (χ3v) is 4.93. The average molecular weight is 513 g/mol. The van der Waals surface area contributed by atoms with E-state index in [1.54, 1.807) is 42.5 Å². The average Bonchev–Trinajstić information content (AvgIpc) is 2.83. The van der Waals surface area contributed by atoms with Gasteiger partial charge in [-0.15, -0.1) is 0 Å². The van der Waals surface area contributed by atoms with Crippen LogP contribution in [0.5, 0.6) is 23.0 Å². The minimum absolute atomic E-state index is 0.227. The lowest BCUT2D eigenvalue weighted by molar-refractivity contribution is 0.0733. The molecule has 1 amide bonds. The first-order chi connectivity index (χ1) is 15.9. The van der Waals surface area contributed by atoms with Gasteiger partial charge in [-0.1, -0.05) is 34.1 Å². The summed E-state index contributed by atoms with van der Waals surface area (Å²) in [5.74, 6) is 0.399. The SMILES string of the molecule is COc1cc(C(=O)Oc2cccc(/C=N/NC(=O)c3cccc(Br)c3)c2)cc(OC)c1OC. The third-order valence-electron chi connectivity index (χ3n) is 4.44. The molecule has 9 heteroatoms. The maximum atomic E-state index is 12.7. The zero-order chi connectivity index (χ0) is 23.8. The van der Waals surface area contributed by atoms with Gasteiger partial charge in [0.15, 0.2) is 11.5 Å². The van der Waals surface area contributed by atoms with Crippen LogP contribution in [0.15, 0.2) is 70.2 Å². The number of nitrogens with one attached hydrogen (secondary N) is 1. The second-order valence-corrected chi connectivity index (χ2v) is 7.50. The molecule has 33 heavy (non-hydrogen) atoms. The Morgan fingerprint density at radius 3 is 2.21 bits per heavy atom. The number of halogens is 1. The molecule has 0 radical (unpaired) electrons. The van der Waals surface area contributed by atoms with E-state index in [1.807, 2.05) is 6.07 Å². The third kappa shape index (κ3) is 6.11. The van der Waals surface area contributed by atoms with E-state index >= 15 is 0 Å². The van der Waals surface area contributed by atoms with Crippen molar-refractivity contribution < 1.29 is 28.5 Å². The van der Waals surface area contributed by atoms with Gasteiger partial charge in [0.2, 0.25) is 5.75 Å². The van der Waals surface area contributed by atoms with Crippen molar-refractivity contribution in [2.45, 2.75) is 0 Å². The molecule has 0 heterocycles. The number of nitrogens with zero attached hydrogens (tertiary/aromatic N) is 1. The summed E-state index contributed by atoms with van der Waals surface area (Å²) in [7, 11) is 4.40. The molecule has 0 saturated heterocycles. The van der Waals surface area contributed by atoms with Crippen molar-refractivity contribution >= 4 is 34.0 Å². The first-order valence-electron chi connectivity index (χ1n) is 9.66. The fourth-order valence-electron chi connectivity index (χ4n) is 2.88. The molecule has 0 aliphatic carbocycles. The molecule has 0 atom stereocenters. The summed E-state index contributed by atoms with van der Waals surface area (Å²) in [5, 5.41) is 3.96. The number of carbonyl (C=O) groups is 2. The molecule has 170 valence electrons. The fraction of sp³-hybridized carbons (Fsp3) is 0.125. The molecular weight excluding hydrogens is 492 g/mol. The number of benzene rings is 3. The number of carbonyl (C=O) groups excluding carboxylic acids is 2. The van der Waals surface area contributed by atoms with E-state index in [-0.39, 0.29) is 11.5 Å². The number of amides is 1. The molecule has 0 bridgehead atoms. The Hall–Kier alpha value is -3.85. The van der Waals surface area contributed by atoms with Gasteiger partial charge in [0.25, 0.3) is 5.91 Å². The molecule has 3 rings (SSSR count). The van der Waals surface area contributed by atoms with Crippen molar-refractivity contribution in [1.82, 2.24) is 5.43 Å². The smallest absolute Gasteiger partial charge is 0.343 e. The molecule has 0 aromatic heterocycles. The molecule has 0 spiro atoms. The lowest BCUT2D eigenvalue weighted by Crippen LogP contribution is -2.17. The van der Waals surface area contributed by atoms with E-state index in [0.717, 1.165) is 4.47 Å². The number of rotatable bonds is 8. The van der Waals surface area contributed by atoms with Gasteiger partial charge in [-0.2, -0.15) is 5.10 Å². The monoisotopic (exact) mass is 512 g/mol. The highest BCUT2D eigenvalue weighted by atomic mass is 79.9. The van der Waals surface area contributed by atoms with E-state index in [2.05, 4.69) is 26.5 Å². The summed E-state index contributed by atoms with van der Waals surface area (Å²) >= 11 is 3.32. The van der Waals surface area contributed by atoms with Crippen molar-refractivity contribution in [3.63, 3.8) is 0 Å². The van der Waals surface area contributed by atoms with Crippen molar-refractivity contribution in [2.75, 3.05) is 21.3 Å². The van der Waals surface area contributed by atoms with E-state index in [1.165, 1.54) is 39.7 Å². The lowest BCUT2D eigenvalue weighted by atomic mass is 10.1. The van der Waals surface area contributed by atoms with Crippen LogP contribution in [0, 0.1) is 0 Å². The molecule has 8 nitrogen and oxygen atoms in total. The molecule has 0 saturated carbocycles. The van der Waals surface area contributed by atoms with Crippen LogP contribution in [0.4, 0.5) is 0 Å². The largest absolute Gasteiger partial charge is 0.493 e. The Morgan fingerprint density at radius 2 is 1.58 bits per heavy atom. The van der Waals surface area contributed by atoms with E-state index in [0.29, 0.717) is 34.1 Å². The minimum atomic E-state index is -0.605. The maximum absolute atomic E-state index is 12.7. The number of ether oxygens (including phenoxy) is 4. The minimum Gasteiger partial charge on any atom is -0.493 e. The number of esters is 1. The fourth-order valence-corrected chi connectivity index (χ4v) is 3.28. The molecule has 3 aromatic carbocycles. The summed E-state index contributed by atoms with van der Waals surface area (Å²) in [5.41, 5.74) is 3.78. The predicted octanol–water partition coefficient (Wildman–Crippen LogP) is 4.46. The standard InChI is InChI=1S/C24H21BrN2O6/c1-30-20-12-17(13-21(31-2)22(20)32-3)24(29)33-19-9-4-6-15(10-19)14-26-27-23(28)16-7-5-8-18(25)11-16/h4-14H,1-3H3,(H,27,28)/b26-14+. The van der Waals surface area contributed by atoms with Gasteiger partial charge in [-0.3, -0.25) is 4.79 Å². The van der Waals surface area contributed by atoms with Crippen LogP contribution in [0.3, 0.4) is 0 Å². The van der Waals surface area contributed by atoms with Crippen LogP contribution < -0.4 is 24.4 Å². The lowest BCUT2D eigenvalue weighted by Gasteiger charge is -2.13. The number of hydrogen-bond acceptors (Lipinski definition) is 7. The van der Waals surface area contributed by atoms with Crippen LogP contribution in [-0.2, 0) is 0 Å². The highest BCUT2D eigenvalue weighted by Crippen LogP contribution is 2.38. The van der Waals surface area contributed by atoms with Crippen LogP contribution >= 0.6 is 15.9 Å². The molecule has 0 aliphatic rings. The van der Waals surface area contributed by atoms with E-state index < -0.39 is 5.97 Å². The molecule has 1 N–H and O–H groups in total. The summed E-state index contributed by atoms with van der Waals surface area (Å²) in [4.78, 5) is 24.8. The topological polar surface area (TPSA) is 95.5 Å².